The molecule has 2 aromatic carbocycles. The molecule has 0 unspecified atom stereocenters. The fourth-order valence-electron chi connectivity index (χ4n) is 4.99. The number of aryl methyl sites for hydroxylation is 2. The molecular weight excluding hydrogens is 501 g/mol. The first-order valence-corrected chi connectivity index (χ1v) is 13.2. The second kappa shape index (κ2) is 10.0. The van der Waals surface area contributed by atoms with Crippen molar-refractivity contribution in [1.29, 1.82) is 0 Å². The molecule has 8 heteroatoms. The number of halogens is 1. The van der Waals surface area contributed by atoms with Gasteiger partial charge in [0.1, 0.15) is 5.82 Å². The lowest BCUT2D eigenvalue weighted by molar-refractivity contribution is -0.139. The zero-order valence-corrected chi connectivity index (χ0v) is 22.7. The van der Waals surface area contributed by atoms with Crippen molar-refractivity contribution in [2.24, 2.45) is 4.99 Å². The number of thiazole rings is 1. The molecule has 0 amide bonds. The number of benzene rings is 2. The Bertz CT molecular complexity index is 1770. The molecule has 38 heavy (non-hydrogen) atoms. The molecule has 0 aliphatic carbocycles. The van der Waals surface area contributed by atoms with E-state index in [1.54, 1.807) is 26.0 Å². The summed E-state index contributed by atoms with van der Waals surface area (Å²) in [6.45, 7) is 9.77. The Morgan fingerprint density at radius 1 is 1.11 bits per heavy atom. The topological polar surface area (TPSA) is 65.6 Å². The molecule has 0 radical (unpaired) electrons. The number of hydrogen-bond donors (Lipinski definition) is 0. The highest BCUT2D eigenvalue weighted by molar-refractivity contribution is 7.07. The fourth-order valence-corrected chi connectivity index (χ4v) is 6.03. The Kier molecular flexibility index (Phi) is 6.75. The van der Waals surface area contributed by atoms with Gasteiger partial charge in [0.2, 0.25) is 0 Å². The summed E-state index contributed by atoms with van der Waals surface area (Å²) in [5.74, 6) is -0.942. The summed E-state index contributed by atoms with van der Waals surface area (Å²) in [5.41, 5.74) is 6.30. The molecule has 2 aromatic heterocycles. The highest BCUT2D eigenvalue weighted by Crippen LogP contribution is 2.31. The van der Waals surface area contributed by atoms with Crippen molar-refractivity contribution in [3.63, 3.8) is 0 Å². The van der Waals surface area contributed by atoms with Crippen molar-refractivity contribution in [2.45, 2.75) is 40.7 Å². The third-order valence-corrected chi connectivity index (χ3v) is 7.70. The Balaban J connectivity index is 1.69. The monoisotopic (exact) mass is 529 g/mol. The van der Waals surface area contributed by atoms with E-state index in [2.05, 4.69) is 40.7 Å². The van der Waals surface area contributed by atoms with Crippen LogP contribution >= 0.6 is 11.3 Å². The molecule has 1 aliphatic rings. The largest absolute Gasteiger partial charge is 0.463 e. The van der Waals surface area contributed by atoms with E-state index in [-0.39, 0.29) is 17.7 Å². The lowest BCUT2D eigenvalue weighted by atomic mass is 9.96. The maximum Gasteiger partial charge on any atom is 0.338 e. The molecule has 0 saturated carbocycles. The van der Waals surface area contributed by atoms with Gasteiger partial charge in [-0.2, -0.15) is 0 Å². The molecule has 1 atom stereocenters. The first-order chi connectivity index (χ1) is 18.2. The van der Waals surface area contributed by atoms with E-state index in [4.69, 9.17) is 4.74 Å². The molecule has 0 N–H and O–H groups in total. The normalized spacial score (nSPS) is 15.4. The van der Waals surface area contributed by atoms with E-state index in [1.807, 2.05) is 26.0 Å². The lowest BCUT2D eigenvalue weighted by Gasteiger charge is -2.24. The van der Waals surface area contributed by atoms with Crippen LogP contribution in [0.15, 0.2) is 75.7 Å². The predicted octanol–water partition coefficient (Wildman–Crippen LogP) is 4.65. The number of esters is 1. The van der Waals surface area contributed by atoms with Crippen molar-refractivity contribution in [2.75, 3.05) is 6.61 Å². The summed E-state index contributed by atoms with van der Waals surface area (Å²) in [7, 11) is 0. The first kappa shape index (κ1) is 25.6. The van der Waals surface area contributed by atoms with Crippen molar-refractivity contribution in [1.82, 2.24) is 9.13 Å². The summed E-state index contributed by atoms with van der Waals surface area (Å²) in [5, 5.41) is 0. The van der Waals surface area contributed by atoms with Gasteiger partial charge in [-0.1, -0.05) is 35.6 Å². The molecule has 5 rings (SSSR count). The number of aromatic nitrogens is 2. The van der Waals surface area contributed by atoms with Crippen LogP contribution in [0.25, 0.3) is 11.8 Å². The van der Waals surface area contributed by atoms with E-state index in [0.717, 1.165) is 22.6 Å². The average molecular weight is 530 g/mol. The number of ether oxygens (including phenoxy) is 1. The standard InChI is InChI=1S/C30H28FN3O3S/c1-6-37-29(36)26-19(4)32-30-34(27(26)21-10-12-23(31)13-11-21)28(35)25(38-30)16-22-15-18(3)33(20(22)5)24-9-7-8-17(2)14-24/h7-16,27H,6H2,1-5H3/b25-16+/t27-/m0/s1. The maximum atomic E-state index is 13.8. The quantitative estimate of drug-likeness (QED) is 0.354. The Morgan fingerprint density at radius 2 is 1.84 bits per heavy atom. The number of rotatable bonds is 5. The molecule has 194 valence electrons. The van der Waals surface area contributed by atoms with E-state index in [9.17, 15) is 14.0 Å². The summed E-state index contributed by atoms with van der Waals surface area (Å²) in [6, 6.07) is 15.4. The lowest BCUT2D eigenvalue weighted by Crippen LogP contribution is -2.39. The Morgan fingerprint density at radius 3 is 2.53 bits per heavy atom. The van der Waals surface area contributed by atoms with Gasteiger partial charge in [0.25, 0.3) is 5.56 Å². The van der Waals surface area contributed by atoms with Gasteiger partial charge in [0, 0.05) is 17.1 Å². The van der Waals surface area contributed by atoms with Gasteiger partial charge in [-0.25, -0.2) is 14.2 Å². The second-order valence-electron chi connectivity index (χ2n) is 9.35. The van der Waals surface area contributed by atoms with Crippen molar-refractivity contribution >= 4 is 23.4 Å². The van der Waals surface area contributed by atoms with Gasteiger partial charge in [0.05, 0.1) is 28.5 Å². The maximum absolute atomic E-state index is 13.8. The van der Waals surface area contributed by atoms with Crippen LogP contribution in [-0.4, -0.2) is 21.7 Å². The number of nitrogens with zero attached hydrogens (tertiary/aromatic N) is 3. The van der Waals surface area contributed by atoms with Gasteiger partial charge in [0.15, 0.2) is 4.80 Å². The molecule has 0 fully saturated rings. The van der Waals surface area contributed by atoms with Crippen LogP contribution in [0.2, 0.25) is 0 Å². The van der Waals surface area contributed by atoms with Gasteiger partial charge < -0.3 is 9.30 Å². The van der Waals surface area contributed by atoms with Crippen molar-refractivity contribution in [3.05, 3.63) is 119 Å². The van der Waals surface area contributed by atoms with Gasteiger partial charge in [-0.3, -0.25) is 9.36 Å². The average Bonchev–Trinajstić information content (AvgIpc) is 3.33. The van der Waals surface area contributed by atoms with Gasteiger partial charge in [-0.15, -0.1) is 0 Å². The molecule has 3 heterocycles. The van der Waals surface area contributed by atoms with Crippen LogP contribution in [0, 0.1) is 26.6 Å². The number of fused-ring (bicyclic) bond motifs is 1. The smallest absolute Gasteiger partial charge is 0.338 e. The van der Waals surface area contributed by atoms with Crippen molar-refractivity contribution < 1.29 is 13.9 Å². The SMILES string of the molecule is CCOC(=O)C1=C(C)N=c2s/c(=C/c3cc(C)n(-c4cccc(C)c4)c3C)c(=O)n2[C@H]1c1ccc(F)cc1. The summed E-state index contributed by atoms with van der Waals surface area (Å²) in [6.07, 6.45) is 1.88. The number of allylic oxidation sites excluding steroid dienone is 1. The fraction of sp³-hybridized carbons (Fsp3) is 0.233. The Labute approximate surface area is 223 Å². The third-order valence-electron chi connectivity index (χ3n) is 6.72. The Hall–Kier alpha value is -4.04. The summed E-state index contributed by atoms with van der Waals surface area (Å²) < 4.78 is 23.2. The third kappa shape index (κ3) is 4.45. The van der Waals surface area contributed by atoms with Crippen LogP contribution in [0.3, 0.4) is 0 Å². The van der Waals surface area contributed by atoms with Gasteiger partial charge in [-0.05, 0) is 87.7 Å². The zero-order valence-electron chi connectivity index (χ0n) is 21.9. The number of carbonyl (C=O) groups is 1. The van der Waals surface area contributed by atoms with Crippen molar-refractivity contribution in [3.8, 4) is 5.69 Å². The van der Waals surface area contributed by atoms with Gasteiger partial charge >= 0.3 is 5.97 Å². The number of carbonyl (C=O) groups excluding carboxylic acids is 1. The summed E-state index contributed by atoms with van der Waals surface area (Å²) >= 11 is 1.27. The molecule has 0 spiro atoms. The highest BCUT2D eigenvalue weighted by Gasteiger charge is 2.33. The molecule has 6 nitrogen and oxygen atoms in total. The first-order valence-electron chi connectivity index (χ1n) is 12.4. The molecular formula is C30H28FN3O3S. The van der Waals surface area contributed by atoms with E-state index in [0.29, 0.717) is 20.6 Å². The minimum atomic E-state index is -0.771. The minimum absolute atomic E-state index is 0.187. The molecule has 0 saturated heterocycles. The molecule has 0 bridgehead atoms. The van der Waals surface area contributed by atoms with E-state index < -0.39 is 17.8 Å². The second-order valence-corrected chi connectivity index (χ2v) is 10.4. The highest BCUT2D eigenvalue weighted by atomic mass is 32.1. The van der Waals surface area contributed by atoms with Crippen LogP contribution in [0.5, 0.6) is 0 Å². The molecule has 4 aromatic rings. The predicted molar refractivity (Wildman–Crippen MR) is 147 cm³/mol. The van der Waals surface area contributed by atoms with Crippen LogP contribution in [0.1, 0.15) is 48.0 Å². The zero-order chi connectivity index (χ0) is 27.1. The van der Waals surface area contributed by atoms with Crippen LogP contribution in [-0.2, 0) is 9.53 Å². The van der Waals surface area contributed by atoms with E-state index in [1.165, 1.54) is 33.6 Å². The van der Waals surface area contributed by atoms with Crippen LogP contribution in [0.4, 0.5) is 4.39 Å². The van der Waals surface area contributed by atoms with Crippen LogP contribution < -0.4 is 14.9 Å². The molecule has 1 aliphatic heterocycles. The summed E-state index contributed by atoms with van der Waals surface area (Å²) in [4.78, 5) is 31.9. The van der Waals surface area contributed by atoms with E-state index >= 15 is 0 Å². The minimum Gasteiger partial charge on any atom is -0.463 e. The number of hydrogen-bond acceptors (Lipinski definition) is 5.